The molecule has 0 amide bonds. The molecule has 2 aromatic carbocycles. The van der Waals surface area contributed by atoms with Crippen LogP contribution in [0.2, 0.25) is 0 Å². The SMILES string of the molecule is CNCc1cc(Br)ccc1N(C)c1ccccc1C. The molecule has 0 radical (unpaired) electrons. The van der Waals surface area contributed by atoms with Crippen LogP contribution in [0, 0.1) is 6.92 Å². The van der Waals surface area contributed by atoms with Gasteiger partial charge >= 0.3 is 0 Å². The maximum Gasteiger partial charge on any atom is 0.0454 e. The molecule has 1 N–H and O–H groups in total. The lowest BCUT2D eigenvalue weighted by atomic mass is 10.1. The smallest absolute Gasteiger partial charge is 0.0454 e. The standard InChI is InChI=1S/C16H19BrN2/c1-12-6-4-5-7-15(12)19(3)16-9-8-14(17)10-13(16)11-18-2/h4-10,18H,11H2,1-3H3. The third-order valence-corrected chi connectivity index (χ3v) is 3.74. The molecule has 100 valence electrons. The highest BCUT2D eigenvalue weighted by Crippen LogP contribution is 2.31. The molecule has 19 heavy (non-hydrogen) atoms. The highest BCUT2D eigenvalue weighted by Gasteiger charge is 2.10. The van der Waals surface area contributed by atoms with Gasteiger partial charge in [-0.3, -0.25) is 0 Å². The summed E-state index contributed by atoms with van der Waals surface area (Å²) in [6.45, 7) is 2.99. The van der Waals surface area contributed by atoms with Crippen LogP contribution >= 0.6 is 15.9 Å². The van der Waals surface area contributed by atoms with Gasteiger partial charge in [-0.25, -0.2) is 0 Å². The lowest BCUT2D eigenvalue weighted by molar-refractivity contribution is 0.815. The number of anilines is 2. The van der Waals surface area contributed by atoms with E-state index in [1.165, 1.54) is 22.5 Å². The number of nitrogens with one attached hydrogen (secondary N) is 1. The van der Waals surface area contributed by atoms with E-state index in [9.17, 15) is 0 Å². The topological polar surface area (TPSA) is 15.3 Å². The van der Waals surface area contributed by atoms with Crippen molar-refractivity contribution < 1.29 is 0 Å². The number of hydrogen-bond donors (Lipinski definition) is 1. The van der Waals surface area contributed by atoms with E-state index in [4.69, 9.17) is 0 Å². The van der Waals surface area contributed by atoms with E-state index in [0.29, 0.717) is 0 Å². The highest BCUT2D eigenvalue weighted by atomic mass is 79.9. The van der Waals surface area contributed by atoms with Gasteiger partial charge in [0.2, 0.25) is 0 Å². The van der Waals surface area contributed by atoms with E-state index in [-0.39, 0.29) is 0 Å². The van der Waals surface area contributed by atoms with E-state index in [1.807, 2.05) is 7.05 Å². The normalized spacial score (nSPS) is 10.5. The Bertz CT molecular complexity index is 566. The maximum atomic E-state index is 3.54. The molecular weight excluding hydrogens is 300 g/mol. The van der Waals surface area contributed by atoms with E-state index < -0.39 is 0 Å². The van der Waals surface area contributed by atoms with Crippen LogP contribution in [0.25, 0.3) is 0 Å². The Balaban J connectivity index is 2.43. The van der Waals surface area contributed by atoms with Crippen LogP contribution in [-0.4, -0.2) is 14.1 Å². The van der Waals surface area contributed by atoms with Gasteiger partial charge in [0.25, 0.3) is 0 Å². The molecule has 0 bridgehead atoms. The molecule has 2 rings (SSSR count). The minimum absolute atomic E-state index is 0.852. The number of benzene rings is 2. The quantitative estimate of drug-likeness (QED) is 0.906. The van der Waals surface area contributed by atoms with Crippen LogP contribution in [0.3, 0.4) is 0 Å². The predicted octanol–water partition coefficient (Wildman–Crippen LogP) is 4.24. The Labute approximate surface area is 123 Å². The third-order valence-electron chi connectivity index (χ3n) is 3.25. The number of aryl methyl sites for hydroxylation is 1. The van der Waals surface area contributed by atoms with Crippen LogP contribution < -0.4 is 10.2 Å². The average Bonchev–Trinajstić information content (AvgIpc) is 2.39. The zero-order valence-corrected chi connectivity index (χ0v) is 13.2. The molecule has 0 aliphatic rings. The summed E-state index contributed by atoms with van der Waals surface area (Å²) in [7, 11) is 4.09. The molecule has 0 spiro atoms. The first-order chi connectivity index (χ1) is 9.13. The van der Waals surface area contributed by atoms with Gasteiger partial charge in [-0.2, -0.15) is 0 Å². The lowest BCUT2D eigenvalue weighted by Crippen LogP contribution is -2.15. The Kier molecular flexibility index (Phi) is 4.61. The first-order valence-electron chi connectivity index (χ1n) is 6.36. The summed E-state index contributed by atoms with van der Waals surface area (Å²) >= 11 is 3.54. The van der Waals surface area contributed by atoms with Crippen LogP contribution in [0.15, 0.2) is 46.9 Å². The summed E-state index contributed by atoms with van der Waals surface area (Å²) in [5.74, 6) is 0. The van der Waals surface area contributed by atoms with E-state index in [1.54, 1.807) is 0 Å². The van der Waals surface area contributed by atoms with Crippen LogP contribution in [0.5, 0.6) is 0 Å². The van der Waals surface area contributed by atoms with Crippen molar-refractivity contribution in [3.05, 3.63) is 58.1 Å². The van der Waals surface area contributed by atoms with E-state index >= 15 is 0 Å². The fourth-order valence-electron chi connectivity index (χ4n) is 2.28. The molecule has 2 nitrogen and oxygen atoms in total. The second kappa shape index (κ2) is 6.22. The van der Waals surface area contributed by atoms with Gasteiger partial charge in [0.15, 0.2) is 0 Å². The van der Waals surface area contributed by atoms with Crippen LogP contribution in [0.1, 0.15) is 11.1 Å². The van der Waals surface area contributed by atoms with Crippen molar-refractivity contribution in [1.82, 2.24) is 5.32 Å². The van der Waals surface area contributed by atoms with E-state index in [2.05, 4.69) is 82.6 Å². The number of hydrogen-bond acceptors (Lipinski definition) is 2. The van der Waals surface area contributed by atoms with Crippen molar-refractivity contribution in [2.75, 3.05) is 19.0 Å². The molecule has 3 heteroatoms. The second-order valence-electron chi connectivity index (χ2n) is 4.65. The highest BCUT2D eigenvalue weighted by molar-refractivity contribution is 9.10. The number of nitrogens with zero attached hydrogens (tertiary/aromatic N) is 1. The van der Waals surface area contributed by atoms with Gasteiger partial charge in [0, 0.05) is 29.4 Å². The minimum atomic E-state index is 0.852. The molecule has 0 aliphatic carbocycles. The Morgan fingerprint density at radius 2 is 1.84 bits per heavy atom. The summed E-state index contributed by atoms with van der Waals surface area (Å²) < 4.78 is 1.11. The molecule has 0 aromatic heterocycles. The zero-order chi connectivity index (χ0) is 13.8. The summed E-state index contributed by atoms with van der Waals surface area (Å²) in [5, 5.41) is 3.23. The first kappa shape index (κ1) is 14.1. The van der Waals surface area contributed by atoms with Crippen molar-refractivity contribution in [2.45, 2.75) is 13.5 Å². The lowest BCUT2D eigenvalue weighted by Gasteiger charge is -2.24. The molecular formula is C16H19BrN2. The molecule has 0 saturated carbocycles. The molecule has 0 unspecified atom stereocenters. The van der Waals surface area contributed by atoms with Gasteiger partial charge in [-0.15, -0.1) is 0 Å². The Morgan fingerprint density at radius 3 is 2.53 bits per heavy atom. The fourth-order valence-corrected chi connectivity index (χ4v) is 2.69. The van der Waals surface area contributed by atoms with Crippen LogP contribution in [0.4, 0.5) is 11.4 Å². The first-order valence-corrected chi connectivity index (χ1v) is 7.15. The van der Waals surface area contributed by atoms with Crippen molar-refractivity contribution in [3.63, 3.8) is 0 Å². The van der Waals surface area contributed by atoms with Crippen molar-refractivity contribution in [2.24, 2.45) is 0 Å². The molecule has 0 fully saturated rings. The number of rotatable bonds is 4. The van der Waals surface area contributed by atoms with Gasteiger partial charge in [0.05, 0.1) is 0 Å². The second-order valence-corrected chi connectivity index (χ2v) is 5.56. The van der Waals surface area contributed by atoms with Crippen molar-refractivity contribution in [3.8, 4) is 0 Å². The summed E-state index contributed by atoms with van der Waals surface area (Å²) in [5.41, 5.74) is 5.03. The third kappa shape index (κ3) is 3.17. The molecule has 0 atom stereocenters. The average molecular weight is 319 g/mol. The summed E-state index contributed by atoms with van der Waals surface area (Å²) in [4.78, 5) is 2.24. The zero-order valence-electron chi connectivity index (χ0n) is 11.6. The monoisotopic (exact) mass is 318 g/mol. The largest absolute Gasteiger partial charge is 0.344 e. The number of para-hydroxylation sites is 1. The summed E-state index contributed by atoms with van der Waals surface area (Å²) in [6.07, 6.45) is 0. The van der Waals surface area contributed by atoms with E-state index in [0.717, 1.165) is 11.0 Å². The van der Waals surface area contributed by atoms with Crippen LogP contribution in [-0.2, 0) is 6.54 Å². The van der Waals surface area contributed by atoms with Gasteiger partial charge < -0.3 is 10.2 Å². The Hall–Kier alpha value is -1.32. The molecule has 0 heterocycles. The summed E-state index contributed by atoms with van der Waals surface area (Å²) in [6, 6.07) is 14.9. The maximum absolute atomic E-state index is 3.54. The minimum Gasteiger partial charge on any atom is -0.344 e. The van der Waals surface area contributed by atoms with Gasteiger partial charge in [-0.1, -0.05) is 34.1 Å². The van der Waals surface area contributed by atoms with Crippen molar-refractivity contribution >= 4 is 27.3 Å². The molecule has 0 aliphatic heterocycles. The Morgan fingerprint density at radius 1 is 1.11 bits per heavy atom. The van der Waals surface area contributed by atoms with Gasteiger partial charge in [-0.05, 0) is 49.4 Å². The number of halogens is 1. The fraction of sp³-hybridized carbons (Fsp3) is 0.250. The predicted molar refractivity (Wildman–Crippen MR) is 86.1 cm³/mol. The van der Waals surface area contributed by atoms with Crippen molar-refractivity contribution in [1.29, 1.82) is 0 Å². The van der Waals surface area contributed by atoms with Gasteiger partial charge in [0.1, 0.15) is 0 Å². The molecule has 2 aromatic rings. The molecule has 0 saturated heterocycles.